The highest BCUT2D eigenvalue weighted by atomic mass is 32.1. The van der Waals surface area contributed by atoms with E-state index >= 15 is 0 Å². The molecule has 2 rings (SSSR count). The van der Waals surface area contributed by atoms with E-state index in [9.17, 15) is 4.79 Å². The Balaban J connectivity index is 1.81. The third-order valence-corrected chi connectivity index (χ3v) is 4.69. The van der Waals surface area contributed by atoms with Crippen molar-refractivity contribution in [1.82, 2.24) is 10.2 Å². The van der Waals surface area contributed by atoms with Gasteiger partial charge in [0, 0.05) is 10.9 Å². The van der Waals surface area contributed by atoms with Gasteiger partial charge in [-0.2, -0.15) is 0 Å². The number of piperidine rings is 1. The minimum atomic E-state index is 0.123. The first-order valence-electron chi connectivity index (χ1n) is 6.73. The largest absolute Gasteiger partial charge is 0.348 e. The summed E-state index contributed by atoms with van der Waals surface area (Å²) in [6, 6.07) is 4.76. The lowest BCUT2D eigenvalue weighted by Gasteiger charge is -2.32. The lowest BCUT2D eigenvalue weighted by Crippen LogP contribution is -2.44. The first kappa shape index (κ1) is 13.6. The van der Waals surface area contributed by atoms with Gasteiger partial charge >= 0.3 is 0 Å². The molecule has 1 fully saturated rings. The number of nitrogens with zero attached hydrogens (tertiary/aromatic N) is 1. The van der Waals surface area contributed by atoms with Gasteiger partial charge in [-0.25, -0.2) is 0 Å². The molecular formula is C14H22N2OS. The Morgan fingerprint density at radius 3 is 3.11 bits per heavy atom. The van der Waals surface area contributed by atoms with Crippen LogP contribution in [0.1, 0.15) is 44.0 Å². The van der Waals surface area contributed by atoms with E-state index in [1.54, 1.807) is 11.3 Å². The molecule has 1 aliphatic rings. The molecule has 1 aromatic heterocycles. The Bertz CT molecular complexity index is 377. The van der Waals surface area contributed by atoms with Crippen molar-refractivity contribution in [3.8, 4) is 0 Å². The number of carbonyl (C=O) groups excluding carboxylic acids is 1. The second kappa shape index (κ2) is 6.34. The van der Waals surface area contributed by atoms with E-state index in [0.717, 1.165) is 6.54 Å². The molecular weight excluding hydrogens is 244 g/mol. The molecule has 18 heavy (non-hydrogen) atoms. The van der Waals surface area contributed by atoms with Crippen molar-refractivity contribution in [3.63, 3.8) is 0 Å². The Hall–Kier alpha value is -0.870. The zero-order valence-corrected chi connectivity index (χ0v) is 12.0. The van der Waals surface area contributed by atoms with Gasteiger partial charge in [0.05, 0.1) is 12.6 Å². The van der Waals surface area contributed by atoms with Gasteiger partial charge in [-0.15, -0.1) is 11.3 Å². The summed E-state index contributed by atoms with van der Waals surface area (Å²) in [5.74, 6) is 0.143. The first-order valence-corrected chi connectivity index (χ1v) is 7.61. The van der Waals surface area contributed by atoms with Crippen molar-refractivity contribution in [2.24, 2.45) is 0 Å². The van der Waals surface area contributed by atoms with Gasteiger partial charge in [0.25, 0.3) is 0 Å². The highest BCUT2D eigenvalue weighted by molar-refractivity contribution is 7.10. The van der Waals surface area contributed by atoms with Crippen molar-refractivity contribution < 1.29 is 4.79 Å². The molecule has 100 valence electrons. The number of hydrogen-bond acceptors (Lipinski definition) is 3. The fourth-order valence-electron chi connectivity index (χ4n) is 2.47. The van der Waals surface area contributed by atoms with Crippen LogP contribution in [-0.2, 0) is 4.79 Å². The van der Waals surface area contributed by atoms with Crippen LogP contribution in [0, 0.1) is 0 Å². The van der Waals surface area contributed by atoms with Crippen molar-refractivity contribution in [1.29, 1.82) is 0 Å². The topological polar surface area (TPSA) is 32.3 Å². The molecule has 2 atom stereocenters. The predicted octanol–water partition coefficient (Wildman–Crippen LogP) is 2.80. The van der Waals surface area contributed by atoms with E-state index < -0.39 is 0 Å². The lowest BCUT2D eigenvalue weighted by atomic mass is 10.0. The van der Waals surface area contributed by atoms with Crippen LogP contribution in [0.3, 0.4) is 0 Å². The van der Waals surface area contributed by atoms with E-state index in [0.29, 0.717) is 12.6 Å². The monoisotopic (exact) mass is 266 g/mol. The van der Waals surface area contributed by atoms with Gasteiger partial charge in [0.2, 0.25) is 5.91 Å². The van der Waals surface area contributed by atoms with Crippen LogP contribution in [0.5, 0.6) is 0 Å². The SMILES string of the molecule is C[C@H](NC(=O)CN1CCCC[C@@H]1C)c1cccs1. The Morgan fingerprint density at radius 2 is 2.44 bits per heavy atom. The summed E-state index contributed by atoms with van der Waals surface area (Å²) >= 11 is 1.69. The smallest absolute Gasteiger partial charge is 0.234 e. The normalized spacial score (nSPS) is 22.7. The Morgan fingerprint density at radius 1 is 1.61 bits per heavy atom. The number of hydrogen-bond donors (Lipinski definition) is 1. The molecule has 3 nitrogen and oxygen atoms in total. The van der Waals surface area contributed by atoms with E-state index in [1.165, 1.54) is 24.1 Å². The molecule has 1 N–H and O–H groups in total. The summed E-state index contributed by atoms with van der Waals surface area (Å²) in [7, 11) is 0. The predicted molar refractivity (Wildman–Crippen MR) is 75.8 cm³/mol. The maximum absolute atomic E-state index is 12.0. The zero-order chi connectivity index (χ0) is 13.0. The molecule has 0 saturated carbocycles. The van der Waals surface area contributed by atoms with Crippen molar-refractivity contribution in [2.45, 2.75) is 45.2 Å². The van der Waals surface area contributed by atoms with Gasteiger partial charge in [0.15, 0.2) is 0 Å². The van der Waals surface area contributed by atoms with Gasteiger partial charge in [-0.1, -0.05) is 12.5 Å². The average Bonchev–Trinajstić information content (AvgIpc) is 2.85. The Kier molecular flexibility index (Phi) is 4.78. The summed E-state index contributed by atoms with van der Waals surface area (Å²) in [6.07, 6.45) is 3.73. The molecule has 0 aromatic carbocycles. The number of amides is 1. The standard InChI is InChI=1S/C14H22N2OS/c1-11-6-3-4-8-16(11)10-14(17)15-12(2)13-7-5-9-18-13/h5,7,9,11-12H,3-4,6,8,10H2,1-2H3,(H,15,17)/t11-,12-/m0/s1. The number of rotatable bonds is 4. The van der Waals surface area contributed by atoms with Gasteiger partial charge in [-0.3, -0.25) is 9.69 Å². The fraction of sp³-hybridized carbons (Fsp3) is 0.643. The second-order valence-corrected chi connectivity index (χ2v) is 6.10. The van der Waals surface area contributed by atoms with Crippen LogP contribution in [-0.4, -0.2) is 29.9 Å². The maximum Gasteiger partial charge on any atom is 0.234 e. The van der Waals surface area contributed by atoms with Crippen LogP contribution < -0.4 is 5.32 Å². The minimum absolute atomic E-state index is 0.123. The molecule has 1 aromatic rings. The fourth-order valence-corrected chi connectivity index (χ4v) is 3.21. The highest BCUT2D eigenvalue weighted by Gasteiger charge is 2.21. The molecule has 4 heteroatoms. The van der Waals surface area contributed by atoms with Gasteiger partial charge < -0.3 is 5.32 Å². The van der Waals surface area contributed by atoms with Gasteiger partial charge in [-0.05, 0) is 44.7 Å². The molecule has 0 bridgehead atoms. The van der Waals surface area contributed by atoms with Crippen LogP contribution in [0.15, 0.2) is 17.5 Å². The van der Waals surface area contributed by atoms with E-state index in [1.807, 2.05) is 18.4 Å². The van der Waals surface area contributed by atoms with Crippen LogP contribution in [0.4, 0.5) is 0 Å². The molecule has 2 heterocycles. The van der Waals surface area contributed by atoms with Crippen molar-refractivity contribution >= 4 is 17.2 Å². The third kappa shape index (κ3) is 3.56. The number of nitrogens with one attached hydrogen (secondary N) is 1. The van der Waals surface area contributed by atoms with Crippen molar-refractivity contribution in [3.05, 3.63) is 22.4 Å². The molecule has 0 unspecified atom stereocenters. The molecule has 1 aliphatic heterocycles. The maximum atomic E-state index is 12.0. The zero-order valence-electron chi connectivity index (χ0n) is 11.2. The summed E-state index contributed by atoms with van der Waals surface area (Å²) < 4.78 is 0. The molecule has 1 saturated heterocycles. The average molecular weight is 266 g/mol. The molecule has 1 amide bonds. The summed E-state index contributed by atoms with van der Waals surface area (Å²) in [5, 5.41) is 5.13. The lowest BCUT2D eigenvalue weighted by molar-refractivity contribution is -0.123. The van der Waals surface area contributed by atoms with Gasteiger partial charge in [0.1, 0.15) is 0 Å². The minimum Gasteiger partial charge on any atom is -0.348 e. The van der Waals surface area contributed by atoms with Crippen LogP contribution >= 0.6 is 11.3 Å². The Labute approximate surface area is 113 Å². The number of carbonyl (C=O) groups is 1. The van der Waals surface area contributed by atoms with Crippen LogP contribution in [0.2, 0.25) is 0 Å². The summed E-state index contributed by atoms with van der Waals surface area (Å²) in [6.45, 7) is 5.86. The molecule has 0 radical (unpaired) electrons. The van der Waals surface area contributed by atoms with E-state index in [2.05, 4.69) is 23.2 Å². The second-order valence-electron chi connectivity index (χ2n) is 5.12. The molecule has 0 spiro atoms. The first-order chi connectivity index (χ1) is 8.66. The number of thiophene rings is 1. The number of likely N-dealkylation sites (tertiary alicyclic amines) is 1. The summed E-state index contributed by atoms with van der Waals surface area (Å²) in [4.78, 5) is 15.5. The summed E-state index contributed by atoms with van der Waals surface area (Å²) in [5.41, 5.74) is 0. The highest BCUT2D eigenvalue weighted by Crippen LogP contribution is 2.19. The van der Waals surface area contributed by atoms with E-state index in [-0.39, 0.29) is 11.9 Å². The van der Waals surface area contributed by atoms with Crippen LogP contribution in [0.25, 0.3) is 0 Å². The molecule has 0 aliphatic carbocycles. The van der Waals surface area contributed by atoms with Crippen molar-refractivity contribution in [2.75, 3.05) is 13.1 Å². The quantitative estimate of drug-likeness (QED) is 0.909. The van der Waals surface area contributed by atoms with E-state index in [4.69, 9.17) is 0 Å². The third-order valence-electron chi connectivity index (χ3n) is 3.63.